The van der Waals surface area contributed by atoms with Crippen LogP contribution in [0.15, 0.2) is 36.4 Å². The molecular formula is C8H11ClO. The minimum absolute atomic E-state index is 0.594. The third-order valence-electron chi connectivity index (χ3n) is 1.12. The van der Waals surface area contributed by atoms with Crippen LogP contribution >= 0.6 is 11.6 Å². The molecule has 0 bridgehead atoms. The summed E-state index contributed by atoms with van der Waals surface area (Å²) in [6, 6.07) is 0. The van der Waals surface area contributed by atoms with Gasteiger partial charge in [-0.05, 0) is 12.0 Å². The van der Waals surface area contributed by atoms with E-state index in [2.05, 4.69) is 13.2 Å². The Morgan fingerprint density at radius 2 is 2.20 bits per heavy atom. The highest BCUT2D eigenvalue weighted by molar-refractivity contribution is 6.25. The van der Waals surface area contributed by atoms with Crippen molar-refractivity contribution in [2.24, 2.45) is 0 Å². The Bertz CT molecular complexity index is 149. The van der Waals surface area contributed by atoms with Crippen LogP contribution in [-0.2, 0) is 0 Å². The zero-order chi connectivity index (χ0) is 7.98. The lowest BCUT2D eigenvalue weighted by Gasteiger charge is -2.05. The van der Waals surface area contributed by atoms with Gasteiger partial charge >= 0.3 is 0 Å². The Morgan fingerprint density at radius 1 is 1.60 bits per heavy atom. The maximum Gasteiger partial charge on any atom is 0.0943 e. The molecule has 0 aromatic rings. The monoisotopic (exact) mass is 158 g/mol. The molecule has 0 aromatic heterocycles. The van der Waals surface area contributed by atoms with Gasteiger partial charge in [-0.3, -0.25) is 0 Å². The molecule has 0 rings (SSSR count). The van der Waals surface area contributed by atoms with E-state index in [1.807, 2.05) is 0 Å². The van der Waals surface area contributed by atoms with Crippen molar-refractivity contribution in [3.63, 3.8) is 0 Å². The summed E-state index contributed by atoms with van der Waals surface area (Å²) in [5.74, 6) is 0. The predicted octanol–water partition coefficient (Wildman–Crippen LogP) is 2.23. The molecule has 56 valence electrons. The fourth-order valence-corrected chi connectivity index (χ4v) is 0.766. The third kappa shape index (κ3) is 2.85. The fourth-order valence-electron chi connectivity index (χ4n) is 0.548. The standard InChI is InChI=1S/C8H11ClO/c1-3-5-7(6-9)8(10)4-2/h3-4,6,8,10H,1-2,5H2/b7-6+. The molecule has 0 aliphatic heterocycles. The van der Waals surface area contributed by atoms with E-state index < -0.39 is 6.10 Å². The van der Waals surface area contributed by atoms with Crippen molar-refractivity contribution in [3.05, 3.63) is 36.4 Å². The Kier molecular flexibility index (Phi) is 4.99. The van der Waals surface area contributed by atoms with Crippen LogP contribution in [-0.4, -0.2) is 11.2 Å². The molecule has 0 heterocycles. The van der Waals surface area contributed by atoms with Gasteiger partial charge in [-0.1, -0.05) is 23.8 Å². The van der Waals surface area contributed by atoms with Gasteiger partial charge in [-0.15, -0.1) is 13.2 Å². The number of rotatable bonds is 4. The van der Waals surface area contributed by atoms with E-state index in [0.29, 0.717) is 12.0 Å². The van der Waals surface area contributed by atoms with Gasteiger partial charge in [0.25, 0.3) is 0 Å². The van der Waals surface area contributed by atoms with E-state index >= 15 is 0 Å². The lowest BCUT2D eigenvalue weighted by Crippen LogP contribution is -2.04. The van der Waals surface area contributed by atoms with Gasteiger partial charge in [0, 0.05) is 5.54 Å². The van der Waals surface area contributed by atoms with E-state index in [-0.39, 0.29) is 0 Å². The summed E-state index contributed by atoms with van der Waals surface area (Å²) in [5, 5.41) is 9.13. The number of halogens is 1. The molecule has 0 spiro atoms. The molecule has 0 amide bonds. The highest BCUT2D eigenvalue weighted by Crippen LogP contribution is 2.09. The molecule has 1 unspecified atom stereocenters. The van der Waals surface area contributed by atoms with Gasteiger partial charge in [0.2, 0.25) is 0 Å². The molecule has 2 heteroatoms. The molecule has 1 nitrogen and oxygen atoms in total. The molecule has 1 atom stereocenters. The lowest BCUT2D eigenvalue weighted by molar-refractivity contribution is 0.257. The van der Waals surface area contributed by atoms with Crippen LogP contribution in [0.5, 0.6) is 0 Å². The number of aliphatic hydroxyl groups is 1. The van der Waals surface area contributed by atoms with Crippen molar-refractivity contribution < 1.29 is 5.11 Å². The summed E-state index contributed by atoms with van der Waals surface area (Å²) in [6.45, 7) is 6.95. The highest BCUT2D eigenvalue weighted by atomic mass is 35.5. The summed E-state index contributed by atoms with van der Waals surface area (Å²) in [7, 11) is 0. The highest BCUT2D eigenvalue weighted by Gasteiger charge is 2.02. The molecule has 0 saturated carbocycles. The SMILES string of the molecule is C=CC/C(=C\Cl)C(O)C=C. The van der Waals surface area contributed by atoms with Gasteiger partial charge in [-0.25, -0.2) is 0 Å². The maximum atomic E-state index is 9.13. The van der Waals surface area contributed by atoms with Gasteiger partial charge in [0.15, 0.2) is 0 Å². The van der Waals surface area contributed by atoms with Gasteiger partial charge in [0.1, 0.15) is 0 Å². The number of hydrogen-bond donors (Lipinski definition) is 1. The van der Waals surface area contributed by atoms with E-state index in [1.54, 1.807) is 6.08 Å². The maximum absolute atomic E-state index is 9.13. The van der Waals surface area contributed by atoms with E-state index in [4.69, 9.17) is 16.7 Å². The molecule has 0 aliphatic carbocycles. The van der Waals surface area contributed by atoms with Crippen LogP contribution in [0, 0.1) is 0 Å². The quantitative estimate of drug-likeness (QED) is 0.623. The largest absolute Gasteiger partial charge is 0.385 e. The Morgan fingerprint density at radius 3 is 2.50 bits per heavy atom. The smallest absolute Gasteiger partial charge is 0.0943 e. The van der Waals surface area contributed by atoms with Gasteiger partial charge in [0.05, 0.1) is 6.10 Å². The molecule has 0 saturated heterocycles. The molecule has 1 N–H and O–H groups in total. The van der Waals surface area contributed by atoms with Crippen LogP contribution < -0.4 is 0 Å². The lowest BCUT2D eigenvalue weighted by atomic mass is 10.1. The average molecular weight is 159 g/mol. The first-order valence-electron chi connectivity index (χ1n) is 2.97. The first-order valence-corrected chi connectivity index (χ1v) is 3.40. The molecule has 0 aromatic carbocycles. The van der Waals surface area contributed by atoms with Crippen molar-refractivity contribution in [3.8, 4) is 0 Å². The molecule has 0 radical (unpaired) electrons. The number of hydrogen-bond acceptors (Lipinski definition) is 1. The predicted molar refractivity (Wildman–Crippen MR) is 45.0 cm³/mol. The molecule has 0 aliphatic rings. The Balaban J connectivity index is 4.06. The zero-order valence-electron chi connectivity index (χ0n) is 5.76. The van der Waals surface area contributed by atoms with Crippen LogP contribution in [0.4, 0.5) is 0 Å². The first kappa shape index (κ1) is 9.47. The molecule has 0 fully saturated rings. The first-order chi connectivity index (χ1) is 4.76. The van der Waals surface area contributed by atoms with Crippen LogP contribution in [0.25, 0.3) is 0 Å². The summed E-state index contributed by atoms with van der Waals surface area (Å²) in [4.78, 5) is 0. The van der Waals surface area contributed by atoms with Crippen molar-refractivity contribution in [2.75, 3.05) is 0 Å². The van der Waals surface area contributed by atoms with Crippen LogP contribution in [0.1, 0.15) is 6.42 Å². The second-order valence-corrected chi connectivity index (χ2v) is 2.08. The minimum Gasteiger partial charge on any atom is -0.385 e. The third-order valence-corrected chi connectivity index (χ3v) is 1.40. The van der Waals surface area contributed by atoms with Crippen molar-refractivity contribution in [1.82, 2.24) is 0 Å². The average Bonchev–Trinajstić information content (AvgIpc) is 1.99. The van der Waals surface area contributed by atoms with Gasteiger partial charge in [-0.2, -0.15) is 0 Å². The summed E-state index contributed by atoms with van der Waals surface area (Å²) < 4.78 is 0. The van der Waals surface area contributed by atoms with Crippen LogP contribution in [0.3, 0.4) is 0 Å². The molecule has 10 heavy (non-hydrogen) atoms. The van der Waals surface area contributed by atoms with Crippen molar-refractivity contribution in [1.29, 1.82) is 0 Å². The minimum atomic E-state index is -0.643. The van der Waals surface area contributed by atoms with Crippen molar-refractivity contribution >= 4 is 11.6 Å². The summed E-state index contributed by atoms with van der Waals surface area (Å²) in [5.41, 5.74) is 2.07. The molecular weight excluding hydrogens is 148 g/mol. The number of aliphatic hydroxyl groups excluding tert-OH is 1. The van der Waals surface area contributed by atoms with Crippen LogP contribution in [0.2, 0.25) is 0 Å². The summed E-state index contributed by atoms with van der Waals surface area (Å²) in [6.07, 6.45) is 3.06. The topological polar surface area (TPSA) is 20.2 Å². The fraction of sp³-hybridized carbons (Fsp3) is 0.250. The van der Waals surface area contributed by atoms with Crippen molar-refractivity contribution in [2.45, 2.75) is 12.5 Å². The second kappa shape index (κ2) is 5.27. The Hall–Kier alpha value is -0.530. The van der Waals surface area contributed by atoms with E-state index in [1.165, 1.54) is 11.6 Å². The normalized spacial score (nSPS) is 14.4. The summed E-state index contributed by atoms with van der Waals surface area (Å²) >= 11 is 5.40. The van der Waals surface area contributed by atoms with Gasteiger partial charge < -0.3 is 5.11 Å². The number of allylic oxidation sites excluding steroid dienone is 1. The van der Waals surface area contributed by atoms with E-state index in [0.717, 1.165) is 0 Å². The Labute approximate surface area is 66.3 Å². The zero-order valence-corrected chi connectivity index (χ0v) is 6.51. The second-order valence-electron chi connectivity index (χ2n) is 1.86. The van der Waals surface area contributed by atoms with E-state index in [9.17, 15) is 0 Å².